The SMILES string of the molecule is C=C(C)C(=O)OCC(=O)OC1[C@@H](CO)O[C@@H](N2C=CC(N)=NC2=C)C1(F)F. The number of aliphatic imine (C=N–C) groups is 1. The maximum Gasteiger partial charge on any atom is 0.344 e. The molecule has 0 aromatic heterocycles. The highest BCUT2D eigenvalue weighted by molar-refractivity contribution is 5.92. The van der Waals surface area contributed by atoms with E-state index < -0.39 is 49.5 Å². The van der Waals surface area contributed by atoms with Crippen molar-refractivity contribution in [2.45, 2.75) is 31.3 Å². The highest BCUT2D eigenvalue weighted by atomic mass is 19.3. The number of halogens is 2. The number of hydrogen-bond acceptors (Lipinski definition) is 9. The molecule has 2 aliphatic rings. The number of carbonyl (C=O) groups excluding carboxylic acids is 2. The summed E-state index contributed by atoms with van der Waals surface area (Å²) in [6.45, 7) is 6.46. The van der Waals surface area contributed by atoms with Gasteiger partial charge in [-0.15, -0.1) is 0 Å². The second kappa shape index (κ2) is 7.84. The smallest absolute Gasteiger partial charge is 0.344 e. The summed E-state index contributed by atoms with van der Waals surface area (Å²) in [4.78, 5) is 27.7. The van der Waals surface area contributed by atoms with Crippen molar-refractivity contribution in [3.05, 3.63) is 36.8 Å². The topological polar surface area (TPSA) is 124 Å². The molecular weight excluding hydrogens is 368 g/mol. The van der Waals surface area contributed by atoms with E-state index in [2.05, 4.69) is 22.9 Å². The molecule has 2 heterocycles. The number of amidine groups is 1. The molecule has 0 bridgehead atoms. The van der Waals surface area contributed by atoms with Gasteiger partial charge in [-0.05, 0) is 13.0 Å². The quantitative estimate of drug-likeness (QED) is 0.483. The molecule has 0 spiro atoms. The van der Waals surface area contributed by atoms with Crippen molar-refractivity contribution in [2.24, 2.45) is 10.7 Å². The van der Waals surface area contributed by atoms with Gasteiger partial charge in [-0.3, -0.25) is 0 Å². The zero-order valence-corrected chi connectivity index (χ0v) is 14.4. The van der Waals surface area contributed by atoms with Crippen LogP contribution in [0.4, 0.5) is 8.78 Å². The monoisotopic (exact) mass is 387 g/mol. The number of hydrogen-bond donors (Lipinski definition) is 2. The lowest BCUT2D eigenvalue weighted by Gasteiger charge is -2.32. The molecule has 0 aromatic carbocycles. The van der Waals surface area contributed by atoms with Crippen molar-refractivity contribution in [3.63, 3.8) is 0 Å². The van der Waals surface area contributed by atoms with Crippen LogP contribution in [0.3, 0.4) is 0 Å². The Labute approximate surface area is 153 Å². The first-order valence-corrected chi connectivity index (χ1v) is 7.73. The van der Waals surface area contributed by atoms with Crippen LogP contribution in [0.15, 0.2) is 41.8 Å². The largest absolute Gasteiger partial charge is 0.450 e. The van der Waals surface area contributed by atoms with Gasteiger partial charge in [-0.25, -0.2) is 14.6 Å². The summed E-state index contributed by atoms with van der Waals surface area (Å²) in [6, 6.07) is 0. The Bertz CT molecular complexity index is 721. The molecule has 0 amide bonds. The van der Waals surface area contributed by atoms with Crippen molar-refractivity contribution in [3.8, 4) is 0 Å². The highest BCUT2D eigenvalue weighted by Gasteiger charge is 2.63. The molecule has 1 fully saturated rings. The standard InChI is InChI=1S/C16H19F2N3O6/c1-8(2)14(24)25-7-12(23)27-13-10(6-22)26-15(16(13,17)18)21-5-4-11(19)20-9(21)3/h4-5,10,13,15,22H,1,3,6-7H2,2H3,(H2,19,20)/t10-,13?,15-/m1/s1. The molecule has 0 aromatic rings. The Morgan fingerprint density at radius 3 is 2.74 bits per heavy atom. The first kappa shape index (κ1) is 20.5. The van der Waals surface area contributed by atoms with Crippen molar-refractivity contribution in [1.82, 2.24) is 4.90 Å². The summed E-state index contributed by atoms with van der Waals surface area (Å²) in [5, 5.41) is 9.34. The number of nitrogens with zero attached hydrogens (tertiary/aromatic N) is 2. The van der Waals surface area contributed by atoms with Gasteiger partial charge in [-0.2, -0.15) is 8.78 Å². The number of alkyl halides is 2. The Morgan fingerprint density at radius 1 is 1.52 bits per heavy atom. The maximum atomic E-state index is 14.8. The number of rotatable bonds is 6. The van der Waals surface area contributed by atoms with Crippen molar-refractivity contribution in [2.75, 3.05) is 13.2 Å². The average molecular weight is 387 g/mol. The molecule has 148 valence electrons. The lowest BCUT2D eigenvalue weighted by atomic mass is 10.1. The molecule has 1 unspecified atom stereocenters. The van der Waals surface area contributed by atoms with Crippen LogP contribution in [0, 0.1) is 0 Å². The molecule has 9 nitrogen and oxygen atoms in total. The fraction of sp³-hybridized carbons (Fsp3) is 0.438. The van der Waals surface area contributed by atoms with Crippen LogP contribution in [-0.2, 0) is 23.8 Å². The van der Waals surface area contributed by atoms with E-state index in [-0.39, 0.29) is 17.2 Å². The number of esters is 2. The van der Waals surface area contributed by atoms with E-state index in [4.69, 9.17) is 15.2 Å². The van der Waals surface area contributed by atoms with E-state index in [9.17, 15) is 23.5 Å². The molecule has 1 saturated heterocycles. The summed E-state index contributed by atoms with van der Waals surface area (Å²) in [7, 11) is 0. The maximum absolute atomic E-state index is 14.8. The van der Waals surface area contributed by atoms with Crippen LogP contribution in [0.25, 0.3) is 0 Å². The minimum absolute atomic E-state index is 0.0286. The molecule has 0 saturated carbocycles. The van der Waals surface area contributed by atoms with E-state index in [1.807, 2.05) is 0 Å². The highest BCUT2D eigenvalue weighted by Crippen LogP contribution is 2.41. The van der Waals surface area contributed by atoms with Crippen LogP contribution in [-0.4, -0.2) is 65.4 Å². The molecule has 0 radical (unpaired) electrons. The molecular formula is C16H19F2N3O6. The van der Waals surface area contributed by atoms with E-state index >= 15 is 0 Å². The van der Waals surface area contributed by atoms with Crippen molar-refractivity contribution >= 4 is 17.8 Å². The zero-order chi connectivity index (χ0) is 20.4. The first-order chi connectivity index (χ1) is 12.6. The van der Waals surface area contributed by atoms with Gasteiger partial charge in [0.25, 0.3) is 0 Å². The number of ether oxygens (including phenoxy) is 3. The third kappa shape index (κ3) is 4.31. The van der Waals surface area contributed by atoms with Gasteiger partial charge in [0.1, 0.15) is 17.8 Å². The molecule has 2 rings (SSSR count). The summed E-state index contributed by atoms with van der Waals surface area (Å²) in [6.07, 6.45) is -3.12. The van der Waals surface area contributed by atoms with Crippen molar-refractivity contribution in [1.29, 1.82) is 0 Å². The number of carbonyl (C=O) groups is 2. The van der Waals surface area contributed by atoms with Crippen LogP contribution >= 0.6 is 0 Å². The van der Waals surface area contributed by atoms with Gasteiger partial charge in [-0.1, -0.05) is 13.2 Å². The number of aliphatic hydroxyl groups excluding tert-OH is 1. The van der Waals surface area contributed by atoms with Gasteiger partial charge < -0.3 is 30.0 Å². The fourth-order valence-corrected chi connectivity index (χ4v) is 2.38. The van der Waals surface area contributed by atoms with Gasteiger partial charge in [0.05, 0.1) is 6.61 Å². The fourth-order valence-electron chi connectivity index (χ4n) is 2.38. The Morgan fingerprint density at radius 2 is 2.19 bits per heavy atom. The van der Waals surface area contributed by atoms with Crippen molar-refractivity contribution < 1.29 is 37.7 Å². The second-order valence-corrected chi connectivity index (χ2v) is 5.83. The third-order valence-corrected chi connectivity index (χ3v) is 3.67. The number of aliphatic hydroxyl groups is 1. The summed E-state index contributed by atoms with van der Waals surface area (Å²) in [5.41, 5.74) is 5.50. The van der Waals surface area contributed by atoms with Gasteiger partial charge in [0.2, 0.25) is 6.23 Å². The Hall–Kier alpha value is -2.79. The van der Waals surface area contributed by atoms with Gasteiger partial charge in [0, 0.05) is 11.8 Å². The minimum atomic E-state index is -3.74. The molecule has 3 atom stereocenters. The Kier molecular flexibility index (Phi) is 5.96. The third-order valence-electron chi connectivity index (χ3n) is 3.67. The average Bonchev–Trinajstić information content (AvgIpc) is 2.83. The number of nitrogens with two attached hydrogens (primary N) is 1. The summed E-state index contributed by atoms with van der Waals surface area (Å²) in [5.74, 6) is -5.89. The van der Waals surface area contributed by atoms with Crippen LogP contribution in [0.5, 0.6) is 0 Å². The molecule has 2 aliphatic heterocycles. The van der Waals surface area contributed by atoms with Crippen LogP contribution in [0.1, 0.15) is 6.92 Å². The molecule has 3 N–H and O–H groups in total. The minimum Gasteiger partial charge on any atom is -0.450 e. The zero-order valence-electron chi connectivity index (χ0n) is 14.4. The summed E-state index contributed by atoms with van der Waals surface area (Å²) >= 11 is 0. The first-order valence-electron chi connectivity index (χ1n) is 7.73. The molecule has 11 heteroatoms. The lowest BCUT2D eigenvalue weighted by molar-refractivity contribution is -0.183. The molecule has 0 aliphatic carbocycles. The Balaban J connectivity index is 2.11. The molecule has 27 heavy (non-hydrogen) atoms. The van der Waals surface area contributed by atoms with Crippen LogP contribution in [0.2, 0.25) is 0 Å². The normalized spacial score (nSPS) is 26.5. The lowest BCUT2D eigenvalue weighted by Crippen LogP contribution is -2.49. The van der Waals surface area contributed by atoms with E-state index in [1.165, 1.54) is 19.2 Å². The summed E-state index contributed by atoms with van der Waals surface area (Å²) < 4.78 is 44.1. The van der Waals surface area contributed by atoms with E-state index in [1.54, 1.807) is 0 Å². The van der Waals surface area contributed by atoms with E-state index in [0.717, 1.165) is 4.90 Å². The predicted octanol–water partition coefficient (Wildman–Crippen LogP) is 0.0277. The van der Waals surface area contributed by atoms with Gasteiger partial charge in [0.15, 0.2) is 12.7 Å². The second-order valence-electron chi connectivity index (χ2n) is 5.83. The van der Waals surface area contributed by atoms with Gasteiger partial charge >= 0.3 is 17.9 Å². The van der Waals surface area contributed by atoms with E-state index in [0.29, 0.717) is 0 Å². The van der Waals surface area contributed by atoms with Crippen LogP contribution < -0.4 is 5.73 Å². The predicted molar refractivity (Wildman–Crippen MR) is 88.1 cm³/mol.